The van der Waals surface area contributed by atoms with E-state index >= 15 is 0 Å². The van der Waals surface area contributed by atoms with Crippen molar-refractivity contribution < 1.29 is 22.4 Å². The second-order valence-corrected chi connectivity index (χ2v) is 7.54. The number of aryl methyl sites for hydroxylation is 1. The van der Waals surface area contributed by atoms with Gasteiger partial charge in [-0.25, -0.2) is 0 Å². The molecule has 1 atom stereocenters. The molecule has 0 amide bonds. The third-order valence-electron chi connectivity index (χ3n) is 4.25. The molecule has 2 aromatic carbocycles. The maximum absolute atomic E-state index is 11.6. The third kappa shape index (κ3) is 3.55. The summed E-state index contributed by atoms with van der Waals surface area (Å²) in [5, 5.41) is 0. The first-order chi connectivity index (χ1) is 11.4. The Kier molecular flexibility index (Phi) is 4.51. The van der Waals surface area contributed by atoms with Crippen LogP contribution in [-0.2, 0) is 23.0 Å². The zero-order chi connectivity index (χ0) is 17.3. The number of benzene rings is 2. The highest BCUT2D eigenvalue weighted by molar-refractivity contribution is 7.85. The van der Waals surface area contributed by atoms with E-state index < -0.39 is 10.1 Å². The summed E-state index contributed by atoms with van der Waals surface area (Å²) in [5.74, 6) is 1.74. The SMILES string of the molecule is COc1ccc2c(c1)CC(Cc1cc(C)ccc1S(=O)(=O)O)CO2. The fourth-order valence-electron chi connectivity index (χ4n) is 3.12. The summed E-state index contributed by atoms with van der Waals surface area (Å²) in [4.78, 5) is -0.0236. The Morgan fingerprint density at radius 2 is 2.04 bits per heavy atom. The first-order valence-electron chi connectivity index (χ1n) is 7.73. The zero-order valence-electron chi connectivity index (χ0n) is 13.7. The monoisotopic (exact) mass is 348 g/mol. The molecule has 2 aromatic rings. The Morgan fingerprint density at radius 3 is 2.75 bits per heavy atom. The summed E-state index contributed by atoms with van der Waals surface area (Å²) in [5.41, 5.74) is 2.63. The van der Waals surface area contributed by atoms with E-state index in [4.69, 9.17) is 9.47 Å². The van der Waals surface area contributed by atoms with E-state index in [1.165, 1.54) is 6.07 Å². The molecule has 5 nitrogen and oxygen atoms in total. The van der Waals surface area contributed by atoms with Gasteiger partial charge in [-0.2, -0.15) is 8.42 Å². The second kappa shape index (κ2) is 6.45. The number of methoxy groups -OCH3 is 1. The van der Waals surface area contributed by atoms with Gasteiger partial charge in [-0.15, -0.1) is 0 Å². The Hall–Kier alpha value is -2.05. The zero-order valence-corrected chi connectivity index (χ0v) is 14.5. The summed E-state index contributed by atoms with van der Waals surface area (Å²) in [6.07, 6.45) is 1.29. The molecule has 6 heteroatoms. The molecule has 0 spiro atoms. The molecule has 1 N–H and O–H groups in total. The van der Waals surface area contributed by atoms with Gasteiger partial charge in [-0.05, 0) is 55.2 Å². The van der Waals surface area contributed by atoms with Gasteiger partial charge in [-0.3, -0.25) is 4.55 Å². The van der Waals surface area contributed by atoms with E-state index in [1.54, 1.807) is 13.2 Å². The van der Waals surface area contributed by atoms with Gasteiger partial charge < -0.3 is 9.47 Å². The van der Waals surface area contributed by atoms with E-state index in [-0.39, 0.29) is 10.8 Å². The highest BCUT2D eigenvalue weighted by Gasteiger charge is 2.24. The fourth-order valence-corrected chi connectivity index (χ4v) is 3.84. The van der Waals surface area contributed by atoms with Crippen LogP contribution in [0.15, 0.2) is 41.3 Å². The lowest BCUT2D eigenvalue weighted by Gasteiger charge is -2.26. The topological polar surface area (TPSA) is 72.8 Å². The van der Waals surface area contributed by atoms with Crippen molar-refractivity contribution >= 4 is 10.1 Å². The van der Waals surface area contributed by atoms with Crippen LogP contribution in [-0.4, -0.2) is 26.7 Å². The predicted octanol–water partition coefficient (Wildman–Crippen LogP) is 3.04. The molecule has 24 heavy (non-hydrogen) atoms. The molecule has 0 aliphatic carbocycles. The van der Waals surface area contributed by atoms with Crippen molar-refractivity contribution in [3.63, 3.8) is 0 Å². The quantitative estimate of drug-likeness (QED) is 0.860. The van der Waals surface area contributed by atoms with Crippen LogP contribution in [0.4, 0.5) is 0 Å². The van der Waals surface area contributed by atoms with Crippen LogP contribution in [0.3, 0.4) is 0 Å². The van der Waals surface area contributed by atoms with Gasteiger partial charge in [0.05, 0.1) is 18.6 Å². The Labute approximate surface area is 142 Å². The lowest BCUT2D eigenvalue weighted by molar-refractivity contribution is 0.220. The Balaban J connectivity index is 1.86. The van der Waals surface area contributed by atoms with Crippen LogP contribution < -0.4 is 9.47 Å². The lowest BCUT2D eigenvalue weighted by Crippen LogP contribution is -2.23. The van der Waals surface area contributed by atoms with E-state index in [9.17, 15) is 13.0 Å². The van der Waals surface area contributed by atoms with Crippen LogP contribution in [0.1, 0.15) is 16.7 Å². The largest absolute Gasteiger partial charge is 0.497 e. The maximum Gasteiger partial charge on any atom is 0.294 e. The number of rotatable bonds is 4. The summed E-state index contributed by atoms with van der Waals surface area (Å²) in [7, 11) is -2.61. The van der Waals surface area contributed by atoms with Crippen LogP contribution in [0, 0.1) is 12.8 Å². The standard InChI is InChI=1S/C18H20O5S/c1-12-3-6-18(24(19,20)21)15(7-12)9-13-8-14-10-16(22-2)4-5-17(14)23-11-13/h3-7,10,13H,8-9,11H2,1-2H3,(H,19,20,21). The van der Waals surface area contributed by atoms with Gasteiger partial charge in [0.2, 0.25) is 0 Å². The molecule has 1 heterocycles. The number of hydrogen-bond acceptors (Lipinski definition) is 4. The Bertz CT molecular complexity index is 858. The summed E-state index contributed by atoms with van der Waals surface area (Å²) in [6.45, 7) is 2.41. The van der Waals surface area contributed by atoms with Crippen molar-refractivity contribution in [3.05, 3.63) is 53.1 Å². The van der Waals surface area contributed by atoms with Crippen molar-refractivity contribution in [2.75, 3.05) is 13.7 Å². The molecular formula is C18H20O5S. The predicted molar refractivity (Wildman–Crippen MR) is 90.4 cm³/mol. The van der Waals surface area contributed by atoms with Crippen molar-refractivity contribution in [1.29, 1.82) is 0 Å². The number of hydrogen-bond donors (Lipinski definition) is 1. The van der Waals surface area contributed by atoms with Crippen molar-refractivity contribution in [2.24, 2.45) is 5.92 Å². The summed E-state index contributed by atoms with van der Waals surface area (Å²) in [6, 6.07) is 10.6. The van der Waals surface area contributed by atoms with E-state index in [1.807, 2.05) is 31.2 Å². The average Bonchev–Trinajstić information content (AvgIpc) is 2.53. The Morgan fingerprint density at radius 1 is 1.25 bits per heavy atom. The third-order valence-corrected chi connectivity index (χ3v) is 5.21. The van der Waals surface area contributed by atoms with Crippen LogP contribution in [0.25, 0.3) is 0 Å². The molecule has 0 bridgehead atoms. The van der Waals surface area contributed by atoms with Crippen molar-refractivity contribution in [3.8, 4) is 11.5 Å². The first kappa shape index (κ1) is 16.8. The average molecular weight is 348 g/mol. The van der Waals surface area contributed by atoms with Gasteiger partial charge in [0.1, 0.15) is 11.5 Å². The molecule has 0 aromatic heterocycles. The van der Waals surface area contributed by atoms with Crippen molar-refractivity contribution in [1.82, 2.24) is 0 Å². The van der Waals surface area contributed by atoms with E-state index in [0.29, 0.717) is 18.6 Å². The lowest BCUT2D eigenvalue weighted by atomic mass is 9.90. The molecule has 128 valence electrons. The second-order valence-electron chi connectivity index (χ2n) is 6.15. The van der Waals surface area contributed by atoms with Crippen molar-refractivity contribution in [2.45, 2.75) is 24.7 Å². The van der Waals surface area contributed by atoms with E-state index in [0.717, 1.165) is 29.0 Å². The molecule has 0 radical (unpaired) electrons. The van der Waals surface area contributed by atoms with Crippen LogP contribution in [0.5, 0.6) is 11.5 Å². The van der Waals surface area contributed by atoms with E-state index in [2.05, 4.69) is 0 Å². The van der Waals surface area contributed by atoms with Crippen LogP contribution in [0.2, 0.25) is 0 Å². The minimum Gasteiger partial charge on any atom is -0.497 e. The molecule has 0 saturated carbocycles. The molecule has 1 aliphatic heterocycles. The van der Waals surface area contributed by atoms with Crippen LogP contribution >= 0.6 is 0 Å². The maximum atomic E-state index is 11.6. The molecule has 0 saturated heterocycles. The highest BCUT2D eigenvalue weighted by atomic mass is 32.2. The number of ether oxygens (including phenoxy) is 2. The normalized spacial score (nSPS) is 17.0. The number of fused-ring (bicyclic) bond motifs is 1. The van der Waals surface area contributed by atoms with Gasteiger partial charge in [0.15, 0.2) is 0 Å². The minimum absolute atomic E-state index is 0.0236. The molecule has 0 fully saturated rings. The summed E-state index contributed by atoms with van der Waals surface area (Å²) < 4.78 is 43.7. The minimum atomic E-state index is -4.23. The van der Waals surface area contributed by atoms with Gasteiger partial charge >= 0.3 is 0 Å². The molecule has 1 aliphatic rings. The molecule has 1 unspecified atom stereocenters. The molecule has 3 rings (SSSR count). The fraction of sp³-hybridized carbons (Fsp3) is 0.333. The van der Waals surface area contributed by atoms with Gasteiger partial charge in [0, 0.05) is 5.92 Å². The smallest absolute Gasteiger partial charge is 0.294 e. The van der Waals surface area contributed by atoms with Gasteiger partial charge in [0.25, 0.3) is 10.1 Å². The van der Waals surface area contributed by atoms with Gasteiger partial charge in [-0.1, -0.05) is 17.7 Å². The molecular weight excluding hydrogens is 328 g/mol. The highest BCUT2D eigenvalue weighted by Crippen LogP contribution is 2.32. The first-order valence-corrected chi connectivity index (χ1v) is 9.17. The summed E-state index contributed by atoms with van der Waals surface area (Å²) >= 11 is 0.